The second-order valence-corrected chi connectivity index (χ2v) is 13.5. The number of methoxy groups -OCH3 is 1. The van der Waals surface area contributed by atoms with Crippen molar-refractivity contribution in [1.82, 2.24) is 10.6 Å². The van der Waals surface area contributed by atoms with E-state index < -0.39 is 5.60 Å². The van der Waals surface area contributed by atoms with Crippen LogP contribution in [-0.4, -0.2) is 81.5 Å². The second kappa shape index (κ2) is 13.7. The van der Waals surface area contributed by atoms with Crippen molar-refractivity contribution in [3.63, 3.8) is 0 Å². The summed E-state index contributed by atoms with van der Waals surface area (Å²) in [5.41, 5.74) is 0.231. The lowest BCUT2D eigenvalue weighted by Gasteiger charge is -2.43. The molecule has 3 aliphatic heterocycles. The summed E-state index contributed by atoms with van der Waals surface area (Å²) in [5, 5.41) is 6.88. The third-order valence-corrected chi connectivity index (χ3v) is 10.2. The summed E-state index contributed by atoms with van der Waals surface area (Å²) in [6, 6.07) is 5.86. The number of fused-ring (bicyclic) bond motifs is 1. The highest BCUT2D eigenvalue weighted by molar-refractivity contribution is 6.04. The molecule has 4 aliphatic rings. The van der Waals surface area contributed by atoms with E-state index in [0.29, 0.717) is 56.4 Å². The monoisotopic (exact) mass is 612 g/mol. The summed E-state index contributed by atoms with van der Waals surface area (Å²) in [5.74, 6) is 0.416. The zero-order chi connectivity index (χ0) is 31.5. The van der Waals surface area contributed by atoms with Crippen LogP contribution in [0.25, 0.3) is 0 Å². The Kier molecular flexibility index (Phi) is 10.2. The van der Waals surface area contributed by atoms with Gasteiger partial charge in [-0.25, -0.2) is 0 Å². The van der Waals surface area contributed by atoms with Crippen molar-refractivity contribution in [3.05, 3.63) is 18.2 Å². The number of anilines is 2. The van der Waals surface area contributed by atoms with Crippen molar-refractivity contribution in [1.29, 1.82) is 0 Å². The Balaban J connectivity index is 1.33. The Morgan fingerprint density at radius 2 is 1.82 bits per heavy atom. The van der Waals surface area contributed by atoms with Crippen molar-refractivity contribution in [2.24, 2.45) is 17.8 Å². The molecule has 1 aromatic rings. The zero-order valence-electron chi connectivity index (χ0n) is 27.3. The maximum absolute atomic E-state index is 14.2. The number of ether oxygens (including phenoxy) is 3. The average molecular weight is 613 g/mol. The molecule has 0 radical (unpaired) electrons. The number of nitrogens with one attached hydrogen (secondary N) is 2. The number of nitrogens with zero attached hydrogens (tertiary/aromatic N) is 2. The quantitative estimate of drug-likeness (QED) is 0.343. The van der Waals surface area contributed by atoms with Gasteiger partial charge in [0.1, 0.15) is 5.75 Å². The van der Waals surface area contributed by atoms with Gasteiger partial charge < -0.3 is 34.6 Å². The van der Waals surface area contributed by atoms with E-state index in [4.69, 9.17) is 14.2 Å². The van der Waals surface area contributed by atoms with Crippen LogP contribution in [0.15, 0.2) is 18.2 Å². The Morgan fingerprint density at radius 1 is 1.11 bits per heavy atom. The highest BCUT2D eigenvalue weighted by Crippen LogP contribution is 2.43. The number of amides is 3. The standard InChI is InChI=1S/C34H52N4O6/c1-6-34(7-2,25-13-17-43-18-14-25)36-30(39)23-19-24(22-35-21-23)31(40)38(26-9-10-26)27-11-12-29-28(20-27)37(15-8-16-42-5)32(41)33(3,4)44-29/h11-12,20,23-26,35H,6-10,13-19,21-22H2,1-5H3,(H,36,39)/t23-,24+/m0/s1. The van der Waals surface area contributed by atoms with Gasteiger partial charge in [-0.2, -0.15) is 0 Å². The number of hydrogen-bond donors (Lipinski definition) is 2. The van der Waals surface area contributed by atoms with Gasteiger partial charge in [0, 0.05) is 63.8 Å². The van der Waals surface area contributed by atoms with E-state index >= 15 is 0 Å². The number of hydrogen-bond acceptors (Lipinski definition) is 7. The number of benzene rings is 1. The third-order valence-electron chi connectivity index (χ3n) is 10.2. The molecule has 44 heavy (non-hydrogen) atoms. The molecule has 2 N–H and O–H groups in total. The molecule has 5 rings (SSSR count). The van der Waals surface area contributed by atoms with Crippen LogP contribution in [0.3, 0.4) is 0 Å². The van der Waals surface area contributed by atoms with E-state index in [-0.39, 0.29) is 41.1 Å². The predicted octanol–water partition coefficient (Wildman–Crippen LogP) is 4.05. The van der Waals surface area contributed by atoms with Gasteiger partial charge in [-0.15, -0.1) is 0 Å². The van der Waals surface area contributed by atoms with E-state index in [2.05, 4.69) is 24.5 Å². The first-order valence-electron chi connectivity index (χ1n) is 16.7. The van der Waals surface area contributed by atoms with Gasteiger partial charge in [0.2, 0.25) is 11.8 Å². The average Bonchev–Trinajstić information content (AvgIpc) is 3.87. The SMILES string of the molecule is CCC(CC)(NC(=O)[C@@H]1CNC[C@H](C(=O)N(c2ccc3c(c2)N(CCCOC)C(=O)C(C)(C)O3)C2CC2)C1)C1CCOCC1. The van der Waals surface area contributed by atoms with Gasteiger partial charge in [0.05, 0.1) is 17.5 Å². The summed E-state index contributed by atoms with van der Waals surface area (Å²) >= 11 is 0. The van der Waals surface area contributed by atoms with E-state index in [1.807, 2.05) is 23.1 Å². The van der Waals surface area contributed by atoms with Crippen LogP contribution >= 0.6 is 0 Å². The van der Waals surface area contributed by atoms with Gasteiger partial charge in [-0.1, -0.05) is 13.8 Å². The van der Waals surface area contributed by atoms with Gasteiger partial charge in [0.15, 0.2) is 5.60 Å². The Hall–Kier alpha value is -2.69. The minimum atomic E-state index is -0.977. The van der Waals surface area contributed by atoms with E-state index in [9.17, 15) is 14.4 Å². The van der Waals surface area contributed by atoms with Gasteiger partial charge in [-0.05, 0) is 89.3 Å². The lowest BCUT2D eigenvalue weighted by Crippen LogP contribution is -2.58. The molecule has 2 atom stereocenters. The zero-order valence-corrected chi connectivity index (χ0v) is 27.3. The van der Waals surface area contributed by atoms with Crippen LogP contribution in [-0.2, 0) is 23.9 Å². The fourth-order valence-corrected chi connectivity index (χ4v) is 7.38. The van der Waals surface area contributed by atoms with Crippen LogP contribution in [0, 0.1) is 17.8 Å². The number of carbonyl (C=O) groups is 3. The molecule has 3 fully saturated rings. The van der Waals surface area contributed by atoms with E-state index in [1.165, 1.54) is 0 Å². The molecule has 2 saturated heterocycles. The van der Waals surface area contributed by atoms with E-state index in [0.717, 1.165) is 57.4 Å². The minimum absolute atomic E-state index is 0.0356. The molecule has 10 nitrogen and oxygen atoms in total. The first-order chi connectivity index (χ1) is 21.1. The Labute approximate surface area is 262 Å². The van der Waals surface area contributed by atoms with Crippen molar-refractivity contribution in [3.8, 4) is 5.75 Å². The molecule has 0 unspecified atom stereocenters. The molecule has 1 aromatic carbocycles. The third kappa shape index (κ3) is 6.77. The fourth-order valence-electron chi connectivity index (χ4n) is 7.38. The fraction of sp³-hybridized carbons (Fsp3) is 0.735. The predicted molar refractivity (Wildman–Crippen MR) is 170 cm³/mol. The smallest absolute Gasteiger partial charge is 0.270 e. The van der Waals surface area contributed by atoms with E-state index in [1.54, 1.807) is 25.9 Å². The molecule has 3 heterocycles. The van der Waals surface area contributed by atoms with Crippen LogP contribution in [0.1, 0.15) is 79.1 Å². The normalized spacial score (nSPS) is 23.9. The van der Waals surface area contributed by atoms with Crippen molar-refractivity contribution < 1.29 is 28.6 Å². The number of carbonyl (C=O) groups excluding carboxylic acids is 3. The minimum Gasteiger partial charge on any atom is -0.476 e. The second-order valence-electron chi connectivity index (χ2n) is 13.5. The molecule has 1 saturated carbocycles. The molecule has 10 heteroatoms. The highest BCUT2D eigenvalue weighted by atomic mass is 16.5. The largest absolute Gasteiger partial charge is 0.476 e. The van der Waals surface area contributed by atoms with Gasteiger partial charge in [-0.3, -0.25) is 14.4 Å². The van der Waals surface area contributed by atoms with Crippen LogP contribution in [0.5, 0.6) is 5.75 Å². The lowest BCUT2D eigenvalue weighted by atomic mass is 9.74. The Morgan fingerprint density at radius 3 is 2.48 bits per heavy atom. The molecular weight excluding hydrogens is 560 g/mol. The molecule has 244 valence electrons. The summed E-state index contributed by atoms with van der Waals surface area (Å²) in [6.07, 6.45) is 6.76. The Bertz CT molecular complexity index is 1190. The molecule has 3 amide bonds. The van der Waals surface area contributed by atoms with Crippen molar-refractivity contribution in [2.75, 3.05) is 56.4 Å². The van der Waals surface area contributed by atoms with Crippen molar-refractivity contribution >= 4 is 29.1 Å². The van der Waals surface area contributed by atoms with Crippen LogP contribution < -0.4 is 25.2 Å². The summed E-state index contributed by atoms with van der Waals surface area (Å²) < 4.78 is 17.0. The lowest BCUT2D eigenvalue weighted by molar-refractivity contribution is -0.133. The van der Waals surface area contributed by atoms with Gasteiger partial charge >= 0.3 is 0 Å². The number of rotatable bonds is 12. The summed E-state index contributed by atoms with van der Waals surface area (Å²) in [6.45, 7) is 11.5. The number of piperidine rings is 1. The molecule has 1 aliphatic carbocycles. The van der Waals surface area contributed by atoms with Crippen LogP contribution in [0.4, 0.5) is 11.4 Å². The maximum atomic E-state index is 14.2. The first kappa shape index (κ1) is 32.7. The highest BCUT2D eigenvalue weighted by Gasteiger charge is 2.44. The molecular formula is C34H52N4O6. The maximum Gasteiger partial charge on any atom is 0.270 e. The van der Waals surface area contributed by atoms with Crippen LogP contribution in [0.2, 0.25) is 0 Å². The van der Waals surface area contributed by atoms with Gasteiger partial charge in [0.25, 0.3) is 5.91 Å². The first-order valence-corrected chi connectivity index (χ1v) is 16.7. The molecule has 0 spiro atoms. The molecule has 0 aromatic heterocycles. The summed E-state index contributed by atoms with van der Waals surface area (Å²) in [7, 11) is 1.65. The van der Waals surface area contributed by atoms with Crippen molar-refractivity contribution in [2.45, 2.75) is 96.2 Å². The topological polar surface area (TPSA) is 109 Å². The molecule has 0 bridgehead atoms. The summed E-state index contributed by atoms with van der Waals surface area (Å²) in [4.78, 5) is 45.0.